The molecule has 2 saturated heterocycles. The highest BCUT2D eigenvalue weighted by atomic mass is 19.1. The van der Waals surface area contributed by atoms with Crippen molar-refractivity contribution in [2.45, 2.75) is 12.5 Å². The quantitative estimate of drug-likeness (QED) is 0.843. The monoisotopic (exact) mass is 267 g/mol. The smallest absolute Gasteiger partial charge is 0.319 e. The molecule has 2 atom stereocenters. The van der Waals surface area contributed by atoms with Crippen molar-refractivity contribution in [1.82, 2.24) is 9.80 Å². The maximum atomic E-state index is 13.1. The fourth-order valence-electron chi connectivity index (χ4n) is 2.79. The number of carbonyl (C=O) groups excluding carboxylic acids is 1. The van der Waals surface area contributed by atoms with Crippen molar-refractivity contribution in [3.8, 4) is 0 Å². The summed E-state index contributed by atoms with van der Waals surface area (Å²) in [6.45, 7) is 3.43. The van der Waals surface area contributed by atoms with Crippen LogP contribution in [0.4, 0.5) is 19.3 Å². The van der Waals surface area contributed by atoms with Gasteiger partial charge in [-0.05, 0) is 18.6 Å². The first-order chi connectivity index (χ1) is 9.11. The van der Waals surface area contributed by atoms with Crippen molar-refractivity contribution >= 4 is 11.7 Å². The van der Waals surface area contributed by atoms with Gasteiger partial charge < -0.3 is 10.2 Å². The molecule has 2 bridgehead atoms. The van der Waals surface area contributed by atoms with Crippen molar-refractivity contribution in [3.63, 3.8) is 0 Å². The SMILES string of the molecule is O=C(Nc1cc(F)cc(F)c1)N1CCN2CCC1C2. The number of fused-ring (bicyclic) bond motifs is 2. The van der Waals surface area contributed by atoms with Crippen LogP contribution in [0.25, 0.3) is 0 Å². The molecule has 0 aromatic heterocycles. The van der Waals surface area contributed by atoms with Crippen molar-refractivity contribution in [3.05, 3.63) is 29.8 Å². The molecule has 1 aromatic rings. The van der Waals surface area contributed by atoms with E-state index in [4.69, 9.17) is 0 Å². The van der Waals surface area contributed by atoms with Gasteiger partial charge >= 0.3 is 6.03 Å². The van der Waals surface area contributed by atoms with Crippen LogP contribution in [0.15, 0.2) is 18.2 Å². The molecule has 2 unspecified atom stereocenters. The summed E-state index contributed by atoms with van der Waals surface area (Å²) >= 11 is 0. The minimum Gasteiger partial charge on any atom is -0.319 e. The first-order valence-corrected chi connectivity index (χ1v) is 6.38. The largest absolute Gasteiger partial charge is 0.322 e. The van der Waals surface area contributed by atoms with E-state index < -0.39 is 11.6 Å². The molecule has 4 nitrogen and oxygen atoms in total. The van der Waals surface area contributed by atoms with E-state index in [9.17, 15) is 13.6 Å². The average Bonchev–Trinajstić information content (AvgIpc) is 2.69. The average molecular weight is 267 g/mol. The van der Waals surface area contributed by atoms with Gasteiger partial charge in [0.25, 0.3) is 0 Å². The minimum atomic E-state index is -0.694. The molecular formula is C13H15F2N3O. The number of anilines is 1. The molecule has 2 aliphatic rings. The first-order valence-electron chi connectivity index (χ1n) is 6.38. The Morgan fingerprint density at radius 3 is 2.63 bits per heavy atom. The number of amides is 2. The van der Waals surface area contributed by atoms with Gasteiger partial charge in [-0.1, -0.05) is 0 Å². The van der Waals surface area contributed by atoms with Gasteiger partial charge in [0.05, 0.1) is 0 Å². The Morgan fingerprint density at radius 2 is 1.89 bits per heavy atom. The van der Waals surface area contributed by atoms with E-state index in [1.165, 1.54) is 0 Å². The Bertz CT molecular complexity index is 488. The van der Waals surface area contributed by atoms with Gasteiger partial charge in [0.1, 0.15) is 11.6 Å². The lowest BCUT2D eigenvalue weighted by Crippen LogP contribution is -2.51. The minimum absolute atomic E-state index is 0.155. The fraction of sp³-hybridized carbons (Fsp3) is 0.462. The Labute approximate surface area is 110 Å². The predicted molar refractivity (Wildman–Crippen MR) is 66.9 cm³/mol. The lowest BCUT2D eigenvalue weighted by molar-refractivity contribution is 0.153. The molecule has 1 aromatic carbocycles. The first kappa shape index (κ1) is 12.3. The van der Waals surface area contributed by atoms with Gasteiger partial charge in [0, 0.05) is 44.0 Å². The Hall–Kier alpha value is -1.69. The third-order valence-corrected chi connectivity index (χ3v) is 3.72. The summed E-state index contributed by atoms with van der Waals surface area (Å²) < 4.78 is 26.1. The molecule has 0 radical (unpaired) electrons. The number of urea groups is 1. The van der Waals surface area contributed by atoms with Gasteiger partial charge in [0.2, 0.25) is 0 Å². The molecule has 2 fully saturated rings. The van der Waals surface area contributed by atoms with E-state index in [0.29, 0.717) is 6.54 Å². The lowest BCUT2D eigenvalue weighted by atomic mass is 10.2. The van der Waals surface area contributed by atoms with Gasteiger partial charge in [-0.15, -0.1) is 0 Å². The fourth-order valence-corrected chi connectivity index (χ4v) is 2.79. The molecule has 0 saturated carbocycles. The third kappa shape index (κ3) is 2.53. The molecule has 2 aliphatic heterocycles. The van der Waals surface area contributed by atoms with Crippen LogP contribution < -0.4 is 5.32 Å². The molecule has 19 heavy (non-hydrogen) atoms. The second kappa shape index (κ2) is 4.77. The van der Waals surface area contributed by atoms with E-state index in [0.717, 1.165) is 44.3 Å². The van der Waals surface area contributed by atoms with Crippen LogP contribution in [0.2, 0.25) is 0 Å². The molecular weight excluding hydrogens is 252 g/mol. The van der Waals surface area contributed by atoms with E-state index in [1.807, 2.05) is 0 Å². The number of carbonyl (C=O) groups is 1. The number of benzene rings is 1. The zero-order valence-corrected chi connectivity index (χ0v) is 10.4. The number of halogens is 2. The van der Waals surface area contributed by atoms with Crippen LogP contribution >= 0.6 is 0 Å². The summed E-state index contributed by atoms with van der Waals surface area (Å²) in [5, 5.41) is 2.56. The highest BCUT2D eigenvalue weighted by Gasteiger charge is 2.35. The van der Waals surface area contributed by atoms with Crippen LogP contribution in [0, 0.1) is 11.6 Å². The highest BCUT2D eigenvalue weighted by Crippen LogP contribution is 2.22. The summed E-state index contributed by atoms with van der Waals surface area (Å²) in [6.07, 6.45) is 0.963. The van der Waals surface area contributed by atoms with E-state index in [-0.39, 0.29) is 17.8 Å². The third-order valence-electron chi connectivity index (χ3n) is 3.72. The van der Waals surface area contributed by atoms with Gasteiger partial charge in [-0.2, -0.15) is 0 Å². The Kier molecular flexibility index (Phi) is 3.10. The van der Waals surface area contributed by atoms with Crippen LogP contribution in [-0.2, 0) is 0 Å². The molecule has 102 valence electrons. The zero-order valence-electron chi connectivity index (χ0n) is 10.4. The summed E-state index contributed by atoms with van der Waals surface area (Å²) in [6, 6.07) is 2.95. The number of hydrogen-bond donors (Lipinski definition) is 1. The number of hydrogen-bond acceptors (Lipinski definition) is 2. The van der Waals surface area contributed by atoms with E-state index >= 15 is 0 Å². The summed E-state index contributed by atoms with van der Waals surface area (Å²) in [7, 11) is 0. The summed E-state index contributed by atoms with van der Waals surface area (Å²) in [5.41, 5.74) is 0.155. The topological polar surface area (TPSA) is 35.6 Å². The van der Waals surface area contributed by atoms with Crippen LogP contribution in [0.5, 0.6) is 0 Å². The Morgan fingerprint density at radius 1 is 1.16 bits per heavy atom. The van der Waals surface area contributed by atoms with Crippen molar-refractivity contribution in [2.75, 3.05) is 31.5 Å². The molecule has 2 amide bonds. The van der Waals surface area contributed by atoms with Crippen LogP contribution in [0.3, 0.4) is 0 Å². The maximum absolute atomic E-state index is 13.1. The molecule has 3 rings (SSSR count). The molecule has 1 N–H and O–H groups in total. The van der Waals surface area contributed by atoms with E-state index in [1.54, 1.807) is 4.90 Å². The lowest BCUT2D eigenvalue weighted by Gasteiger charge is -2.34. The van der Waals surface area contributed by atoms with Crippen LogP contribution in [-0.4, -0.2) is 48.1 Å². The van der Waals surface area contributed by atoms with Crippen molar-refractivity contribution in [2.24, 2.45) is 0 Å². The van der Waals surface area contributed by atoms with Crippen molar-refractivity contribution < 1.29 is 13.6 Å². The predicted octanol–water partition coefficient (Wildman–Crippen LogP) is 1.89. The van der Waals surface area contributed by atoms with E-state index in [2.05, 4.69) is 10.2 Å². The highest BCUT2D eigenvalue weighted by molar-refractivity contribution is 5.89. The van der Waals surface area contributed by atoms with Gasteiger partial charge in [-0.25, -0.2) is 13.6 Å². The summed E-state index contributed by atoms with van der Waals surface area (Å²) in [5.74, 6) is -1.39. The zero-order chi connectivity index (χ0) is 13.4. The number of nitrogens with one attached hydrogen (secondary N) is 1. The molecule has 6 heteroatoms. The molecule has 2 heterocycles. The normalized spacial score (nSPS) is 25.5. The number of rotatable bonds is 1. The Balaban J connectivity index is 1.70. The maximum Gasteiger partial charge on any atom is 0.322 e. The molecule has 0 aliphatic carbocycles. The van der Waals surface area contributed by atoms with Crippen LogP contribution in [0.1, 0.15) is 6.42 Å². The number of piperazine rings is 1. The second-order valence-corrected chi connectivity index (χ2v) is 5.02. The summed E-state index contributed by atoms with van der Waals surface area (Å²) in [4.78, 5) is 16.2. The van der Waals surface area contributed by atoms with Crippen molar-refractivity contribution in [1.29, 1.82) is 0 Å². The number of nitrogens with zero attached hydrogens (tertiary/aromatic N) is 2. The standard InChI is InChI=1S/C13H15F2N3O/c14-9-5-10(15)7-11(6-9)16-13(19)18-4-3-17-2-1-12(18)8-17/h5-7,12H,1-4,8H2,(H,16,19). The second-order valence-electron chi connectivity index (χ2n) is 5.02. The van der Waals surface area contributed by atoms with Gasteiger partial charge in [-0.3, -0.25) is 4.90 Å². The molecule has 0 spiro atoms. The van der Waals surface area contributed by atoms with Gasteiger partial charge in [0.15, 0.2) is 0 Å².